The first-order valence-electron chi connectivity index (χ1n) is 7.13. The fraction of sp³-hybridized carbons (Fsp3) is 0.643. The maximum atomic E-state index is 10.7. The lowest BCUT2D eigenvalue weighted by Crippen LogP contribution is -2.29. The number of nitrogens with one attached hydrogen (secondary N) is 1. The number of likely N-dealkylation sites (tertiary alicyclic amines) is 1. The number of nitrogens with zero attached hydrogens (tertiary/aromatic N) is 3. The van der Waals surface area contributed by atoms with Crippen LogP contribution < -0.4 is 5.32 Å². The fourth-order valence-electron chi connectivity index (χ4n) is 2.59. The van der Waals surface area contributed by atoms with Gasteiger partial charge in [-0.25, -0.2) is 4.98 Å². The number of hydrogen-bond acceptors (Lipinski definition) is 5. The Kier molecular flexibility index (Phi) is 4.89. The largest absolute Gasteiger partial charge is 0.370 e. The summed E-state index contributed by atoms with van der Waals surface area (Å²) >= 11 is 0. The summed E-state index contributed by atoms with van der Waals surface area (Å²) in [5.41, 5.74) is 0.853. The van der Waals surface area contributed by atoms with E-state index in [9.17, 15) is 10.1 Å². The second kappa shape index (κ2) is 6.65. The van der Waals surface area contributed by atoms with Gasteiger partial charge in [-0.1, -0.05) is 6.92 Å². The van der Waals surface area contributed by atoms with Crippen molar-refractivity contribution >= 4 is 11.5 Å². The van der Waals surface area contributed by atoms with Crippen LogP contribution in [0.25, 0.3) is 0 Å². The summed E-state index contributed by atoms with van der Waals surface area (Å²) < 4.78 is 0. The lowest BCUT2D eigenvalue weighted by molar-refractivity contribution is -0.385. The molecule has 2 rings (SSSR count). The zero-order valence-corrected chi connectivity index (χ0v) is 12.1. The van der Waals surface area contributed by atoms with Crippen LogP contribution in [0, 0.1) is 23.0 Å². The summed E-state index contributed by atoms with van der Waals surface area (Å²) in [7, 11) is 0. The van der Waals surface area contributed by atoms with E-state index in [4.69, 9.17) is 0 Å². The van der Waals surface area contributed by atoms with E-state index < -0.39 is 4.92 Å². The highest BCUT2D eigenvalue weighted by atomic mass is 16.6. The van der Waals surface area contributed by atoms with Crippen molar-refractivity contribution < 1.29 is 4.92 Å². The topological polar surface area (TPSA) is 71.3 Å². The van der Waals surface area contributed by atoms with Crippen molar-refractivity contribution in [3.05, 3.63) is 27.9 Å². The normalized spacial score (nSPS) is 17.1. The quantitative estimate of drug-likeness (QED) is 0.639. The molecule has 1 fully saturated rings. The molecule has 1 aliphatic heterocycles. The van der Waals surface area contributed by atoms with E-state index in [1.165, 1.54) is 32.1 Å². The molecule has 0 spiro atoms. The highest BCUT2D eigenvalue weighted by molar-refractivity contribution is 5.48. The molecule has 6 heteroatoms. The fourth-order valence-corrected chi connectivity index (χ4v) is 2.59. The van der Waals surface area contributed by atoms with Gasteiger partial charge >= 0.3 is 0 Å². The van der Waals surface area contributed by atoms with E-state index in [0.717, 1.165) is 24.5 Å². The first kappa shape index (κ1) is 14.7. The van der Waals surface area contributed by atoms with Gasteiger partial charge in [0.2, 0.25) is 0 Å². The first-order valence-corrected chi connectivity index (χ1v) is 7.13. The van der Waals surface area contributed by atoms with Crippen LogP contribution in [0.5, 0.6) is 0 Å². The smallest absolute Gasteiger partial charge is 0.287 e. The van der Waals surface area contributed by atoms with Crippen molar-refractivity contribution in [1.82, 2.24) is 9.88 Å². The summed E-state index contributed by atoms with van der Waals surface area (Å²) in [6.07, 6.45) is 3.92. The molecular weight excluding hydrogens is 256 g/mol. The van der Waals surface area contributed by atoms with Gasteiger partial charge in [-0.05, 0) is 44.3 Å². The number of hydrogen-bond donors (Lipinski definition) is 1. The molecule has 0 saturated carbocycles. The van der Waals surface area contributed by atoms with Gasteiger partial charge in [-0.15, -0.1) is 0 Å². The van der Waals surface area contributed by atoms with Gasteiger partial charge in [0.05, 0.1) is 4.92 Å². The minimum atomic E-state index is -0.417. The molecule has 1 aromatic heterocycles. The number of aryl methyl sites for hydroxylation is 1. The van der Waals surface area contributed by atoms with Crippen molar-refractivity contribution in [2.24, 2.45) is 5.92 Å². The lowest BCUT2D eigenvalue weighted by atomic mass is 10.1. The van der Waals surface area contributed by atoms with E-state index >= 15 is 0 Å². The number of anilines is 1. The summed E-state index contributed by atoms with van der Waals surface area (Å²) in [6.45, 7) is 8.40. The molecule has 2 heterocycles. The van der Waals surface area contributed by atoms with Gasteiger partial charge in [0.25, 0.3) is 5.69 Å². The number of aromatic nitrogens is 1. The maximum absolute atomic E-state index is 10.7. The molecule has 0 aromatic carbocycles. The second-order valence-electron chi connectivity index (χ2n) is 5.61. The molecular formula is C14H22N4O2. The van der Waals surface area contributed by atoms with Crippen molar-refractivity contribution in [2.45, 2.75) is 26.7 Å². The van der Waals surface area contributed by atoms with Crippen LogP contribution in [0.2, 0.25) is 0 Å². The molecule has 1 atom stereocenters. The predicted molar refractivity (Wildman–Crippen MR) is 79.0 cm³/mol. The Labute approximate surface area is 119 Å². The predicted octanol–water partition coefficient (Wildman–Crippen LogP) is 2.44. The molecule has 0 amide bonds. The number of nitro groups is 1. The summed E-state index contributed by atoms with van der Waals surface area (Å²) in [4.78, 5) is 16.9. The van der Waals surface area contributed by atoms with Crippen LogP contribution in [0.1, 0.15) is 25.3 Å². The molecule has 1 aliphatic rings. The Morgan fingerprint density at radius 1 is 1.50 bits per heavy atom. The molecule has 1 unspecified atom stereocenters. The first-order chi connectivity index (χ1) is 9.56. The number of pyridine rings is 1. The van der Waals surface area contributed by atoms with Gasteiger partial charge in [0, 0.05) is 19.2 Å². The van der Waals surface area contributed by atoms with Crippen LogP contribution >= 0.6 is 0 Å². The minimum absolute atomic E-state index is 0.0400. The lowest BCUT2D eigenvalue weighted by Gasteiger charge is -2.21. The molecule has 1 saturated heterocycles. The monoisotopic (exact) mass is 278 g/mol. The van der Waals surface area contributed by atoms with Crippen LogP contribution in [0.4, 0.5) is 11.5 Å². The Hall–Kier alpha value is -1.69. The van der Waals surface area contributed by atoms with Gasteiger partial charge in [-0.2, -0.15) is 0 Å². The molecule has 6 nitrogen and oxygen atoms in total. The summed E-state index contributed by atoms with van der Waals surface area (Å²) in [5, 5.41) is 14.0. The minimum Gasteiger partial charge on any atom is -0.370 e. The molecule has 1 aromatic rings. The van der Waals surface area contributed by atoms with Crippen molar-refractivity contribution in [1.29, 1.82) is 0 Å². The third kappa shape index (κ3) is 3.90. The van der Waals surface area contributed by atoms with Crippen LogP contribution in [-0.2, 0) is 0 Å². The van der Waals surface area contributed by atoms with Crippen molar-refractivity contribution in [2.75, 3.05) is 31.5 Å². The molecule has 110 valence electrons. The third-order valence-electron chi connectivity index (χ3n) is 3.66. The van der Waals surface area contributed by atoms with Gasteiger partial charge < -0.3 is 10.2 Å². The van der Waals surface area contributed by atoms with Crippen LogP contribution in [-0.4, -0.2) is 41.0 Å². The SMILES string of the molecule is Cc1cc([N+](=O)[O-])cnc1NCC(C)CN1CCCC1. The van der Waals surface area contributed by atoms with E-state index in [1.807, 2.05) is 6.92 Å². The molecule has 1 N–H and O–H groups in total. The standard InChI is InChI=1S/C14H22N4O2/c1-11(10-17-5-3-4-6-17)8-15-14-12(2)7-13(9-16-14)18(19)20/h7,9,11H,3-6,8,10H2,1-2H3,(H,15,16). The van der Waals surface area contributed by atoms with Crippen LogP contribution in [0.3, 0.4) is 0 Å². The van der Waals surface area contributed by atoms with E-state index in [2.05, 4.69) is 22.1 Å². The Morgan fingerprint density at radius 2 is 2.20 bits per heavy atom. The van der Waals surface area contributed by atoms with E-state index in [1.54, 1.807) is 6.07 Å². The summed E-state index contributed by atoms with van der Waals surface area (Å²) in [6, 6.07) is 1.56. The van der Waals surface area contributed by atoms with Gasteiger partial charge in [-0.3, -0.25) is 10.1 Å². The van der Waals surface area contributed by atoms with Crippen LogP contribution in [0.15, 0.2) is 12.3 Å². The number of rotatable bonds is 6. The van der Waals surface area contributed by atoms with Crippen molar-refractivity contribution in [3.63, 3.8) is 0 Å². The Morgan fingerprint density at radius 3 is 2.80 bits per heavy atom. The molecule has 0 bridgehead atoms. The zero-order valence-electron chi connectivity index (χ0n) is 12.1. The Bertz CT molecular complexity index is 472. The maximum Gasteiger partial charge on any atom is 0.287 e. The molecule has 0 aliphatic carbocycles. The average molecular weight is 278 g/mol. The average Bonchev–Trinajstić information content (AvgIpc) is 2.90. The van der Waals surface area contributed by atoms with Gasteiger partial charge in [0.1, 0.15) is 12.0 Å². The molecule has 0 radical (unpaired) electrons. The molecule has 20 heavy (non-hydrogen) atoms. The van der Waals surface area contributed by atoms with E-state index in [-0.39, 0.29) is 5.69 Å². The summed E-state index contributed by atoms with van der Waals surface area (Å²) in [5.74, 6) is 1.27. The zero-order chi connectivity index (χ0) is 14.5. The van der Waals surface area contributed by atoms with Gasteiger partial charge in [0.15, 0.2) is 0 Å². The highest BCUT2D eigenvalue weighted by Gasteiger charge is 2.15. The van der Waals surface area contributed by atoms with Crippen molar-refractivity contribution in [3.8, 4) is 0 Å². The Balaban J connectivity index is 1.85. The second-order valence-corrected chi connectivity index (χ2v) is 5.61. The highest BCUT2D eigenvalue weighted by Crippen LogP contribution is 2.18. The van der Waals surface area contributed by atoms with E-state index in [0.29, 0.717) is 5.92 Å². The third-order valence-corrected chi connectivity index (χ3v) is 3.66.